The minimum Gasteiger partial charge on any atom is -0.340 e. The first kappa shape index (κ1) is 15.0. The van der Waals surface area contributed by atoms with E-state index in [1.807, 2.05) is 6.92 Å². The van der Waals surface area contributed by atoms with Gasteiger partial charge in [0.1, 0.15) is 10.4 Å². The summed E-state index contributed by atoms with van der Waals surface area (Å²) in [6, 6.07) is 6.14. The van der Waals surface area contributed by atoms with E-state index in [4.69, 9.17) is 9.92 Å². The molecule has 0 radical (unpaired) electrons. The van der Waals surface area contributed by atoms with Crippen LogP contribution in [-0.4, -0.2) is 19.9 Å². The van der Waals surface area contributed by atoms with Crippen LogP contribution in [0.25, 0.3) is 0 Å². The molecule has 0 atom stereocenters. The van der Waals surface area contributed by atoms with Gasteiger partial charge in [0, 0.05) is 0 Å². The van der Waals surface area contributed by atoms with E-state index in [2.05, 4.69) is 0 Å². The van der Waals surface area contributed by atoms with E-state index >= 15 is 0 Å². The van der Waals surface area contributed by atoms with Gasteiger partial charge < -0.3 is 9.92 Å². The van der Waals surface area contributed by atoms with Gasteiger partial charge >= 0.3 is 16.1 Å². The fraction of sp³-hybridized carbons (Fsp3) is 0.500. The fourth-order valence-electron chi connectivity index (χ4n) is 2.32. The normalized spacial score (nSPS) is 18.5. The van der Waals surface area contributed by atoms with Crippen molar-refractivity contribution in [3.05, 3.63) is 29.8 Å². The predicted molar refractivity (Wildman–Crippen MR) is 74.5 cm³/mol. The van der Waals surface area contributed by atoms with Crippen molar-refractivity contribution in [3.8, 4) is 0 Å². The summed E-state index contributed by atoms with van der Waals surface area (Å²) in [5.74, 6) is -0.849. The van der Waals surface area contributed by atoms with E-state index in [0.717, 1.165) is 24.8 Å². The van der Waals surface area contributed by atoms with Crippen LogP contribution >= 0.6 is 0 Å². The molecule has 5 nitrogen and oxygen atoms in total. The van der Waals surface area contributed by atoms with Gasteiger partial charge in [-0.25, -0.2) is 4.79 Å². The lowest BCUT2D eigenvalue weighted by Crippen LogP contribution is -2.50. The maximum Gasteiger partial charge on any atom is 0.342 e. The van der Waals surface area contributed by atoms with Crippen LogP contribution < -0.4 is 5.73 Å². The number of benzene rings is 1. The van der Waals surface area contributed by atoms with E-state index < -0.39 is 21.6 Å². The zero-order valence-corrected chi connectivity index (χ0v) is 12.3. The second-order valence-electron chi connectivity index (χ2n) is 5.35. The lowest BCUT2D eigenvalue weighted by Gasteiger charge is -2.30. The highest BCUT2D eigenvalue weighted by atomic mass is 32.2. The fourth-order valence-corrected chi connectivity index (χ4v) is 3.25. The predicted octanol–water partition coefficient (Wildman–Crippen LogP) is 1.89. The summed E-state index contributed by atoms with van der Waals surface area (Å²) in [6.45, 7) is 1.85. The van der Waals surface area contributed by atoms with Crippen LogP contribution in [0.15, 0.2) is 29.2 Å². The quantitative estimate of drug-likeness (QED) is 0.861. The van der Waals surface area contributed by atoms with Gasteiger partial charge in [-0.15, -0.1) is 0 Å². The second-order valence-corrected chi connectivity index (χ2v) is 6.90. The van der Waals surface area contributed by atoms with Gasteiger partial charge in [0.05, 0.1) is 0 Å². The van der Waals surface area contributed by atoms with Crippen molar-refractivity contribution in [1.82, 2.24) is 0 Å². The van der Waals surface area contributed by atoms with Gasteiger partial charge in [0.15, 0.2) is 0 Å². The Morgan fingerprint density at radius 3 is 2.25 bits per heavy atom. The number of nitrogens with two attached hydrogens (primary N) is 1. The van der Waals surface area contributed by atoms with Gasteiger partial charge in [-0.1, -0.05) is 37.0 Å². The summed E-state index contributed by atoms with van der Waals surface area (Å²) in [5, 5.41) is 0. The van der Waals surface area contributed by atoms with Crippen molar-refractivity contribution in [1.29, 1.82) is 0 Å². The first-order valence-corrected chi connectivity index (χ1v) is 8.09. The van der Waals surface area contributed by atoms with Crippen LogP contribution in [-0.2, 0) is 19.1 Å². The van der Waals surface area contributed by atoms with Gasteiger partial charge in [-0.2, -0.15) is 8.42 Å². The molecule has 1 saturated carbocycles. The Balaban J connectivity index is 2.15. The van der Waals surface area contributed by atoms with Crippen LogP contribution in [0, 0.1) is 6.92 Å². The topological polar surface area (TPSA) is 86.5 Å². The number of carbonyl (C=O) groups is 1. The Hall–Kier alpha value is -1.40. The Morgan fingerprint density at radius 1 is 1.15 bits per heavy atom. The smallest absolute Gasteiger partial charge is 0.340 e. The summed E-state index contributed by atoms with van der Waals surface area (Å²) >= 11 is 0. The largest absolute Gasteiger partial charge is 0.342 e. The average Bonchev–Trinajstić information content (AvgIpc) is 2.39. The zero-order valence-electron chi connectivity index (χ0n) is 11.5. The molecular formula is C14H19NO4S. The van der Waals surface area contributed by atoms with E-state index in [1.165, 1.54) is 12.1 Å². The molecule has 2 rings (SSSR count). The van der Waals surface area contributed by atoms with Crippen molar-refractivity contribution in [2.45, 2.75) is 49.5 Å². The molecule has 6 heteroatoms. The van der Waals surface area contributed by atoms with Crippen molar-refractivity contribution in [2.24, 2.45) is 5.73 Å². The Kier molecular flexibility index (Phi) is 4.15. The second kappa shape index (κ2) is 5.54. The molecule has 0 spiro atoms. The molecule has 0 aliphatic heterocycles. The molecular weight excluding hydrogens is 278 g/mol. The highest BCUT2D eigenvalue weighted by molar-refractivity contribution is 7.87. The molecule has 0 amide bonds. The standard InChI is InChI=1S/C14H19NO4S/c1-11-5-7-12(8-6-11)20(17,18)19-13(16)14(15)9-3-2-4-10-14/h5-8H,2-4,9-10,15H2,1H3. The molecule has 1 aromatic rings. The van der Waals surface area contributed by atoms with E-state index in [-0.39, 0.29) is 4.90 Å². The van der Waals surface area contributed by atoms with Crippen LogP contribution in [0.5, 0.6) is 0 Å². The van der Waals surface area contributed by atoms with Crippen LogP contribution in [0.3, 0.4) is 0 Å². The third-order valence-corrected chi connectivity index (χ3v) is 4.87. The first-order chi connectivity index (χ1) is 9.33. The van der Waals surface area contributed by atoms with Crippen molar-refractivity contribution in [2.75, 3.05) is 0 Å². The highest BCUT2D eigenvalue weighted by Gasteiger charge is 2.39. The summed E-state index contributed by atoms with van der Waals surface area (Å²) in [7, 11) is -4.09. The van der Waals surface area contributed by atoms with E-state index in [9.17, 15) is 13.2 Å². The number of aryl methyl sites for hydroxylation is 1. The van der Waals surface area contributed by atoms with Gasteiger partial charge in [-0.05, 0) is 31.9 Å². The Bertz CT molecular complexity index is 586. The third-order valence-electron chi connectivity index (χ3n) is 3.65. The van der Waals surface area contributed by atoms with Gasteiger partial charge in [0.25, 0.3) is 0 Å². The molecule has 0 saturated heterocycles. The molecule has 1 aromatic carbocycles. The van der Waals surface area contributed by atoms with Crippen molar-refractivity contribution in [3.63, 3.8) is 0 Å². The minimum absolute atomic E-state index is 0.0316. The molecule has 0 bridgehead atoms. The highest BCUT2D eigenvalue weighted by Crippen LogP contribution is 2.28. The summed E-state index contributed by atoms with van der Waals surface area (Å²) in [6.07, 6.45) is 3.58. The van der Waals surface area contributed by atoms with E-state index in [0.29, 0.717) is 12.8 Å². The number of carbonyl (C=O) groups excluding carboxylic acids is 1. The average molecular weight is 297 g/mol. The van der Waals surface area contributed by atoms with Crippen LogP contribution in [0.1, 0.15) is 37.7 Å². The first-order valence-electron chi connectivity index (χ1n) is 6.68. The third kappa shape index (κ3) is 3.19. The van der Waals surface area contributed by atoms with Crippen LogP contribution in [0.4, 0.5) is 0 Å². The molecule has 1 fully saturated rings. The molecule has 0 heterocycles. The SMILES string of the molecule is Cc1ccc(S(=O)(=O)OC(=O)C2(N)CCCCC2)cc1. The maximum absolute atomic E-state index is 12.0. The lowest BCUT2D eigenvalue weighted by atomic mass is 9.83. The number of hydrogen-bond donors (Lipinski definition) is 1. The van der Waals surface area contributed by atoms with E-state index in [1.54, 1.807) is 12.1 Å². The molecule has 0 aromatic heterocycles. The number of rotatable bonds is 3. The zero-order chi connectivity index (χ0) is 14.8. The molecule has 110 valence electrons. The van der Waals surface area contributed by atoms with Crippen LogP contribution in [0.2, 0.25) is 0 Å². The maximum atomic E-state index is 12.0. The van der Waals surface area contributed by atoms with Gasteiger partial charge in [0.2, 0.25) is 0 Å². The molecule has 20 heavy (non-hydrogen) atoms. The Labute approximate surface area is 119 Å². The molecule has 1 aliphatic rings. The number of hydrogen-bond acceptors (Lipinski definition) is 5. The van der Waals surface area contributed by atoms with Gasteiger partial charge in [-0.3, -0.25) is 0 Å². The van der Waals surface area contributed by atoms with Crippen molar-refractivity contribution < 1.29 is 17.4 Å². The molecule has 0 unspecified atom stereocenters. The summed E-state index contributed by atoms with van der Waals surface area (Å²) < 4.78 is 28.8. The Morgan fingerprint density at radius 2 is 1.70 bits per heavy atom. The van der Waals surface area contributed by atoms with Crippen molar-refractivity contribution >= 4 is 16.1 Å². The lowest BCUT2D eigenvalue weighted by molar-refractivity contribution is -0.141. The summed E-state index contributed by atoms with van der Waals surface area (Å²) in [5.41, 5.74) is 5.73. The molecule has 2 N–H and O–H groups in total. The monoisotopic (exact) mass is 297 g/mol. The molecule has 1 aliphatic carbocycles. The minimum atomic E-state index is -4.09. The summed E-state index contributed by atoms with van der Waals surface area (Å²) in [4.78, 5) is 12.0.